The van der Waals surface area contributed by atoms with Crippen molar-refractivity contribution >= 4 is 34.5 Å². The molecule has 1 atom stereocenters. The van der Waals surface area contributed by atoms with Crippen LogP contribution in [0.15, 0.2) is 18.3 Å². The van der Waals surface area contributed by atoms with Gasteiger partial charge in [-0.1, -0.05) is 6.92 Å². The molecule has 0 aliphatic rings. The highest BCUT2D eigenvalue weighted by atomic mass is 35.5. The number of imidazole rings is 1. The van der Waals surface area contributed by atoms with Crippen LogP contribution in [0.4, 0.5) is 0 Å². The standard InChI is InChI=1S/C12H16ClN3S/c1-3-17-8-9(2)16-11(7-13)15-10-5-4-6-14-12(10)16/h4-6,9H,3,7-8H2,1-2H3. The molecule has 92 valence electrons. The summed E-state index contributed by atoms with van der Waals surface area (Å²) in [6.45, 7) is 4.36. The Kier molecular flexibility index (Phi) is 4.29. The van der Waals surface area contributed by atoms with Gasteiger partial charge in [0.1, 0.15) is 11.3 Å². The Hall–Kier alpha value is -0.740. The number of fused-ring (bicyclic) bond motifs is 1. The third-order valence-corrected chi connectivity index (χ3v) is 4.01. The first kappa shape index (κ1) is 12.7. The van der Waals surface area contributed by atoms with Crippen molar-refractivity contribution in [2.24, 2.45) is 0 Å². The van der Waals surface area contributed by atoms with E-state index in [1.54, 1.807) is 6.20 Å². The van der Waals surface area contributed by atoms with Gasteiger partial charge in [-0.2, -0.15) is 11.8 Å². The van der Waals surface area contributed by atoms with Gasteiger partial charge in [0, 0.05) is 18.0 Å². The van der Waals surface area contributed by atoms with E-state index in [2.05, 4.69) is 28.4 Å². The third kappa shape index (κ3) is 2.58. The quantitative estimate of drug-likeness (QED) is 0.779. The van der Waals surface area contributed by atoms with Crippen LogP contribution < -0.4 is 0 Å². The van der Waals surface area contributed by atoms with Crippen molar-refractivity contribution in [2.45, 2.75) is 25.8 Å². The maximum atomic E-state index is 5.96. The number of nitrogens with zero attached hydrogens (tertiary/aromatic N) is 3. The number of hydrogen-bond donors (Lipinski definition) is 0. The number of aromatic nitrogens is 3. The van der Waals surface area contributed by atoms with E-state index < -0.39 is 0 Å². The highest BCUT2D eigenvalue weighted by Gasteiger charge is 2.15. The first-order chi connectivity index (χ1) is 8.27. The molecular formula is C12H16ClN3S. The SMILES string of the molecule is CCSCC(C)n1c(CCl)nc2cccnc21. The molecular weight excluding hydrogens is 254 g/mol. The third-order valence-electron chi connectivity index (χ3n) is 2.65. The van der Waals surface area contributed by atoms with Crippen molar-refractivity contribution in [1.82, 2.24) is 14.5 Å². The number of pyridine rings is 1. The topological polar surface area (TPSA) is 30.7 Å². The Bertz CT molecular complexity index is 497. The molecule has 0 fully saturated rings. The van der Waals surface area contributed by atoms with E-state index in [1.165, 1.54) is 0 Å². The Balaban J connectivity index is 2.42. The molecule has 0 aliphatic carbocycles. The van der Waals surface area contributed by atoms with E-state index in [9.17, 15) is 0 Å². The molecule has 2 aromatic heterocycles. The predicted octanol–water partition coefficient (Wildman–Crippen LogP) is 3.48. The Morgan fingerprint density at radius 2 is 2.35 bits per heavy atom. The smallest absolute Gasteiger partial charge is 0.160 e. The van der Waals surface area contributed by atoms with Crippen molar-refractivity contribution in [1.29, 1.82) is 0 Å². The second-order valence-corrected chi connectivity index (χ2v) is 5.47. The van der Waals surface area contributed by atoms with Crippen LogP contribution in [0.1, 0.15) is 25.7 Å². The molecule has 0 radical (unpaired) electrons. The minimum Gasteiger partial charge on any atom is -0.308 e. The van der Waals surface area contributed by atoms with Crippen molar-refractivity contribution in [3.05, 3.63) is 24.2 Å². The summed E-state index contributed by atoms with van der Waals surface area (Å²) in [4.78, 5) is 8.93. The normalized spacial score (nSPS) is 13.1. The fourth-order valence-corrected chi connectivity index (χ4v) is 2.81. The van der Waals surface area contributed by atoms with Gasteiger partial charge in [0.25, 0.3) is 0 Å². The summed E-state index contributed by atoms with van der Waals surface area (Å²) in [5.41, 5.74) is 1.86. The van der Waals surface area contributed by atoms with E-state index in [4.69, 9.17) is 11.6 Å². The summed E-state index contributed by atoms with van der Waals surface area (Å²) in [6, 6.07) is 4.26. The molecule has 0 amide bonds. The summed E-state index contributed by atoms with van der Waals surface area (Å²) in [5, 5.41) is 0. The number of rotatable bonds is 5. The van der Waals surface area contributed by atoms with Crippen LogP contribution in [-0.2, 0) is 5.88 Å². The maximum absolute atomic E-state index is 5.96. The van der Waals surface area contributed by atoms with E-state index in [0.29, 0.717) is 11.9 Å². The lowest BCUT2D eigenvalue weighted by Crippen LogP contribution is -2.11. The largest absolute Gasteiger partial charge is 0.308 e. The van der Waals surface area contributed by atoms with Gasteiger partial charge < -0.3 is 4.57 Å². The first-order valence-corrected chi connectivity index (χ1v) is 7.42. The molecule has 2 aromatic rings. The lowest BCUT2D eigenvalue weighted by atomic mass is 10.3. The molecule has 0 saturated carbocycles. The van der Waals surface area contributed by atoms with Crippen LogP contribution in [-0.4, -0.2) is 26.0 Å². The molecule has 17 heavy (non-hydrogen) atoms. The van der Waals surface area contributed by atoms with Crippen LogP contribution in [0.5, 0.6) is 0 Å². The monoisotopic (exact) mass is 269 g/mol. The molecule has 0 N–H and O–H groups in total. The average molecular weight is 270 g/mol. The zero-order valence-electron chi connectivity index (χ0n) is 10.1. The average Bonchev–Trinajstić information content (AvgIpc) is 2.74. The fourth-order valence-electron chi connectivity index (χ4n) is 1.90. The summed E-state index contributed by atoms with van der Waals surface area (Å²) in [5.74, 6) is 3.52. The highest BCUT2D eigenvalue weighted by Crippen LogP contribution is 2.23. The molecule has 0 spiro atoms. The second kappa shape index (κ2) is 5.74. The molecule has 3 nitrogen and oxygen atoms in total. The van der Waals surface area contributed by atoms with E-state index in [-0.39, 0.29) is 0 Å². The van der Waals surface area contributed by atoms with Crippen LogP contribution in [0.25, 0.3) is 11.2 Å². The van der Waals surface area contributed by atoms with Gasteiger partial charge in [-0.3, -0.25) is 0 Å². The minimum atomic E-state index is 0.369. The second-order valence-electron chi connectivity index (χ2n) is 3.89. The van der Waals surface area contributed by atoms with Crippen LogP contribution in [0.2, 0.25) is 0 Å². The Morgan fingerprint density at radius 1 is 1.53 bits per heavy atom. The lowest BCUT2D eigenvalue weighted by Gasteiger charge is -2.15. The molecule has 2 rings (SSSR count). The Labute approximate surface area is 111 Å². The summed E-state index contributed by atoms with van der Waals surface area (Å²) in [7, 11) is 0. The van der Waals surface area contributed by atoms with Crippen LogP contribution in [0.3, 0.4) is 0 Å². The molecule has 1 unspecified atom stereocenters. The molecule has 5 heteroatoms. The van der Waals surface area contributed by atoms with Gasteiger partial charge in [0.05, 0.1) is 5.88 Å². The number of thioether (sulfide) groups is 1. The van der Waals surface area contributed by atoms with Crippen molar-refractivity contribution < 1.29 is 0 Å². The number of hydrogen-bond acceptors (Lipinski definition) is 3. The summed E-state index contributed by atoms with van der Waals surface area (Å²) in [6.07, 6.45) is 1.80. The van der Waals surface area contributed by atoms with Crippen LogP contribution in [0, 0.1) is 0 Å². The van der Waals surface area contributed by atoms with Gasteiger partial charge in [0.2, 0.25) is 0 Å². The zero-order valence-corrected chi connectivity index (χ0v) is 11.6. The molecule has 2 heterocycles. The van der Waals surface area contributed by atoms with Gasteiger partial charge in [-0.05, 0) is 24.8 Å². The van der Waals surface area contributed by atoms with Gasteiger partial charge in [-0.15, -0.1) is 11.6 Å². The van der Waals surface area contributed by atoms with Gasteiger partial charge in [-0.25, -0.2) is 9.97 Å². The van der Waals surface area contributed by atoms with Crippen molar-refractivity contribution in [2.75, 3.05) is 11.5 Å². The summed E-state index contributed by atoms with van der Waals surface area (Å²) < 4.78 is 2.16. The molecule has 0 aromatic carbocycles. The van der Waals surface area contributed by atoms with Crippen molar-refractivity contribution in [3.8, 4) is 0 Å². The number of alkyl halides is 1. The highest BCUT2D eigenvalue weighted by molar-refractivity contribution is 7.99. The predicted molar refractivity (Wildman–Crippen MR) is 74.8 cm³/mol. The van der Waals surface area contributed by atoms with E-state index in [0.717, 1.165) is 28.5 Å². The van der Waals surface area contributed by atoms with Gasteiger partial charge in [0.15, 0.2) is 5.65 Å². The summed E-state index contributed by atoms with van der Waals surface area (Å²) >= 11 is 7.89. The van der Waals surface area contributed by atoms with Crippen LogP contribution >= 0.6 is 23.4 Å². The molecule has 0 aliphatic heterocycles. The zero-order chi connectivity index (χ0) is 12.3. The lowest BCUT2D eigenvalue weighted by molar-refractivity contribution is 0.601. The maximum Gasteiger partial charge on any atom is 0.160 e. The molecule has 0 saturated heterocycles. The van der Waals surface area contributed by atoms with Gasteiger partial charge >= 0.3 is 0 Å². The molecule has 0 bridgehead atoms. The van der Waals surface area contributed by atoms with Crippen molar-refractivity contribution in [3.63, 3.8) is 0 Å². The minimum absolute atomic E-state index is 0.369. The fraction of sp³-hybridized carbons (Fsp3) is 0.500. The van der Waals surface area contributed by atoms with E-state index in [1.807, 2.05) is 23.9 Å². The van der Waals surface area contributed by atoms with E-state index >= 15 is 0 Å². The number of halogens is 1. The Morgan fingerprint density at radius 3 is 3.06 bits per heavy atom. The first-order valence-electron chi connectivity index (χ1n) is 5.73.